The summed E-state index contributed by atoms with van der Waals surface area (Å²) in [5.74, 6) is 1.11. The number of nitrogens with one attached hydrogen (secondary N) is 1. The van der Waals surface area contributed by atoms with Crippen molar-refractivity contribution in [3.63, 3.8) is 0 Å². The molecular formula is C13H20N2O2. The number of carbonyl (C=O) groups excluding carboxylic acids is 1. The van der Waals surface area contributed by atoms with Gasteiger partial charge in [-0.05, 0) is 26.0 Å². The summed E-state index contributed by atoms with van der Waals surface area (Å²) in [7, 11) is 0. The van der Waals surface area contributed by atoms with Crippen LogP contribution < -0.4 is 5.32 Å². The molecule has 1 aliphatic heterocycles. The minimum absolute atomic E-state index is 0.224. The number of furan rings is 1. The molecule has 0 radical (unpaired) electrons. The quantitative estimate of drug-likeness (QED) is 0.863. The average molecular weight is 236 g/mol. The van der Waals surface area contributed by atoms with Crippen LogP contribution in [-0.2, 0) is 11.2 Å². The molecule has 0 bridgehead atoms. The zero-order valence-corrected chi connectivity index (χ0v) is 10.5. The second-order valence-corrected chi connectivity index (χ2v) is 4.85. The Morgan fingerprint density at radius 1 is 1.47 bits per heavy atom. The van der Waals surface area contributed by atoms with Crippen molar-refractivity contribution in [1.29, 1.82) is 0 Å². The Balaban J connectivity index is 1.83. The van der Waals surface area contributed by atoms with Gasteiger partial charge in [-0.25, -0.2) is 0 Å². The lowest BCUT2D eigenvalue weighted by atomic mass is 10.1. The maximum atomic E-state index is 12.0. The van der Waals surface area contributed by atoms with E-state index in [9.17, 15) is 4.79 Å². The fourth-order valence-corrected chi connectivity index (χ4v) is 2.37. The molecule has 1 amide bonds. The Morgan fingerprint density at radius 3 is 2.76 bits per heavy atom. The summed E-state index contributed by atoms with van der Waals surface area (Å²) >= 11 is 0. The first-order chi connectivity index (χ1) is 8.15. The summed E-state index contributed by atoms with van der Waals surface area (Å²) in [6, 6.07) is 4.53. The van der Waals surface area contributed by atoms with Gasteiger partial charge in [0, 0.05) is 38.0 Å². The lowest BCUT2D eigenvalue weighted by Crippen LogP contribution is -2.55. The second kappa shape index (κ2) is 5.36. The number of piperazine rings is 1. The Bertz CT molecular complexity index is 352. The lowest BCUT2D eigenvalue weighted by Gasteiger charge is -2.36. The van der Waals surface area contributed by atoms with Crippen LogP contribution in [0.1, 0.15) is 26.0 Å². The molecule has 1 aliphatic rings. The van der Waals surface area contributed by atoms with Crippen molar-refractivity contribution in [3.8, 4) is 0 Å². The molecule has 1 aromatic heterocycles. The molecule has 1 aromatic rings. The van der Waals surface area contributed by atoms with Crippen LogP contribution in [-0.4, -0.2) is 36.0 Å². The van der Waals surface area contributed by atoms with Crippen molar-refractivity contribution >= 4 is 5.91 Å². The van der Waals surface area contributed by atoms with Gasteiger partial charge in [0.1, 0.15) is 5.76 Å². The van der Waals surface area contributed by atoms with Crippen molar-refractivity contribution in [2.75, 3.05) is 13.1 Å². The fourth-order valence-electron chi connectivity index (χ4n) is 2.37. The number of hydrogen-bond acceptors (Lipinski definition) is 3. The summed E-state index contributed by atoms with van der Waals surface area (Å²) in [6.45, 7) is 5.84. The van der Waals surface area contributed by atoms with Gasteiger partial charge in [-0.1, -0.05) is 0 Å². The van der Waals surface area contributed by atoms with E-state index >= 15 is 0 Å². The Hall–Kier alpha value is -1.29. The minimum Gasteiger partial charge on any atom is -0.469 e. The number of amides is 1. The maximum Gasteiger partial charge on any atom is 0.223 e. The molecule has 4 heteroatoms. The molecule has 94 valence electrons. The van der Waals surface area contributed by atoms with Crippen LogP contribution in [0.15, 0.2) is 22.8 Å². The van der Waals surface area contributed by atoms with Crippen LogP contribution >= 0.6 is 0 Å². The van der Waals surface area contributed by atoms with E-state index in [0.717, 1.165) is 18.8 Å². The highest BCUT2D eigenvalue weighted by atomic mass is 16.3. The first kappa shape index (κ1) is 12.2. The largest absolute Gasteiger partial charge is 0.469 e. The van der Waals surface area contributed by atoms with Crippen molar-refractivity contribution in [3.05, 3.63) is 24.2 Å². The fraction of sp³-hybridized carbons (Fsp3) is 0.615. The van der Waals surface area contributed by atoms with Gasteiger partial charge in [-0.3, -0.25) is 4.79 Å². The van der Waals surface area contributed by atoms with Gasteiger partial charge in [-0.15, -0.1) is 0 Å². The van der Waals surface area contributed by atoms with Gasteiger partial charge in [-0.2, -0.15) is 0 Å². The van der Waals surface area contributed by atoms with Crippen molar-refractivity contribution in [2.45, 2.75) is 38.8 Å². The molecule has 4 nitrogen and oxygen atoms in total. The number of hydrogen-bond donors (Lipinski definition) is 1. The maximum absolute atomic E-state index is 12.0. The average Bonchev–Trinajstić information content (AvgIpc) is 2.77. The molecule has 0 saturated carbocycles. The molecule has 0 aliphatic carbocycles. The van der Waals surface area contributed by atoms with E-state index in [1.165, 1.54) is 0 Å². The van der Waals surface area contributed by atoms with Gasteiger partial charge in [0.15, 0.2) is 0 Å². The van der Waals surface area contributed by atoms with E-state index < -0.39 is 0 Å². The monoisotopic (exact) mass is 236 g/mol. The van der Waals surface area contributed by atoms with Crippen molar-refractivity contribution in [1.82, 2.24) is 10.2 Å². The zero-order chi connectivity index (χ0) is 12.3. The molecular weight excluding hydrogens is 216 g/mol. The number of carbonyl (C=O) groups is 1. The van der Waals surface area contributed by atoms with Gasteiger partial charge in [0.25, 0.3) is 0 Å². The van der Waals surface area contributed by atoms with Gasteiger partial charge >= 0.3 is 0 Å². The third-order valence-electron chi connectivity index (χ3n) is 3.08. The highest BCUT2D eigenvalue weighted by Crippen LogP contribution is 2.09. The SMILES string of the molecule is CC1CN(C(=O)CCc2ccco2)CC(C)N1. The third kappa shape index (κ3) is 3.33. The molecule has 1 fully saturated rings. The van der Waals surface area contributed by atoms with Crippen molar-refractivity contribution < 1.29 is 9.21 Å². The van der Waals surface area contributed by atoms with E-state index in [1.54, 1.807) is 6.26 Å². The van der Waals surface area contributed by atoms with Crippen LogP contribution in [0.4, 0.5) is 0 Å². The van der Waals surface area contributed by atoms with E-state index in [4.69, 9.17) is 4.42 Å². The Kier molecular flexibility index (Phi) is 3.84. The van der Waals surface area contributed by atoms with E-state index in [2.05, 4.69) is 19.2 Å². The van der Waals surface area contributed by atoms with E-state index in [-0.39, 0.29) is 5.91 Å². The Morgan fingerprint density at radius 2 is 2.18 bits per heavy atom. The van der Waals surface area contributed by atoms with Crippen LogP contribution in [0.5, 0.6) is 0 Å². The van der Waals surface area contributed by atoms with E-state index in [1.807, 2.05) is 17.0 Å². The molecule has 2 atom stereocenters. The van der Waals surface area contributed by atoms with Gasteiger partial charge in [0.2, 0.25) is 5.91 Å². The molecule has 0 spiro atoms. The molecule has 1 N–H and O–H groups in total. The lowest BCUT2D eigenvalue weighted by molar-refractivity contribution is -0.133. The number of rotatable bonds is 3. The molecule has 2 heterocycles. The predicted octanol–water partition coefficient (Wildman–Crippen LogP) is 1.42. The summed E-state index contributed by atoms with van der Waals surface area (Å²) in [5.41, 5.74) is 0. The first-order valence-electron chi connectivity index (χ1n) is 6.21. The highest BCUT2D eigenvalue weighted by molar-refractivity contribution is 5.76. The summed E-state index contributed by atoms with van der Waals surface area (Å²) in [4.78, 5) is 14.0. The van der Waals surface area contributed by atoms with E-state index in [0.29, 0.717) is 24.9 Å². The first-order valence-corrected chi connectivity index (χ1v) is 6.21. The number of aryl methyl sites for hydroxylation is 1. The third-order valence-corrected chi connectivity index (χ3v) is 3.08. The zero-order valence-electron chi connectivity index (χ0n) is 10.5. The Labute approximate surface area is 102 Å². The molecule has 1 saturated heterocycles. The molecule has 17 heavy (non-hydrogen) atoms. The van der Waals surface area contributed by atoms with Crippen molar-refractivity contribution in [2.24, 2.45) is 0 Å². The smallest absolute Gasteiger partial charge is 0.223 e. The standard InChI is InChI=1S/C13H20N2O2/c1-10-8-15(9-11(2)14-10)13(16)6-5-12-4-3-7-17-12/h3-4,7,10-11,14H,5-6,8-9H2,1-2H3. The van der Waals surface area contributed by atoms with Gasteiger partial charge < -0.3 is 14.6 Å². The highest BCUT2D eigenvalue weighted by Gasteiger charge is 2.24. The topological polar surface area (TPSA) is 45.5 Å². The van der Waals surface area contributed by atoms with Crippen LogP contribution in [0.3, 0.4) is 0 Å². The second-order valence-electron chi connectivity index (χ2n) is 4.85. The van der Waals surface area contributed by atoms with Gasteiger partial charge in [0.05, 0.1) is 6.26 Å². The van der Waals surface area contributed by atoms with Crippen LogP contribution in [0.2, 0.25) is 0 Å². The minimum atomic E-state index is 0.224. The normalized spacial score (nSPS) is 24.9. The summed E-state index contributed by atoms with van der Waals surface area (Å²) < 4.78 is 5.23. The predicted molar refractivity (Wildman–Crippen MR) is 65.7 cm³/mol. The number of nitrogens with zero attached hydrogens (tertiary/aromatic N) is 1. The molecule has 2 rings (SSSR count). The molecule has 2 unspecified atom stereocenters. The van der Waals surface area contributed by atoms with Crippen LogP contribution in [0.25, 0.3) is 0 Å². The van der Waals surface area contributed by atoms with Crippen LogP contribution in [0, 0.1) is 0 Å². The summed E-state index contributed by atoms with van der Waals surface area (Å²) in [6.07, 6.45) is 2.88. The molecule has 0 aromatic carbocycles. The summed E-state index contributed by atoms with van der Waals surface area (Å²) in [5, 5.41) is 3.42.